The number of phenolic OH excluding ortho intramolecular Hbond substituents is 1. The SMILES string of the molecule is COC1=C(C)C(=O)C2=C(C1=O)C(CNC(=O)C(C)N)N1C(C2)C2c3c(cc(C)c(OC)c3O)CC([C@@H]1C)N2C. The van der Waals surface area contributed by atoms with Gasteiger partial charge in [0.2, 0.25) is 11.7 Å². The Kier molecular flexibility index (Phi) is 6.85. The van der Waals surface area contributed by atoms with Crippen molar-refractivity contribution in [2.45, 2.75) is 76.8 Å². The number of nitrogens with two attached hydrogens (primary N) is 1. The monoisotopic (exact) mass is 538 g/mol. The van der Waals surface area contributed by atoms with Crippen molar-refractivity contribution >= 4 is 17.5 Å². The molecule has 1 saturated heterocycles. The molecule has 5 unspecified atom stereocenters. The zero-order valence-electron chi connectivity index (χ0n) is 23.6. The first-order valence-corrected chi connectivity index (χ1v) is 13.4. The number of phenols is 1. The Morgan fingerprint density at radius 1 is 1.18 bits per heavy atom. The van der Waals surface area contributed by atoms with E-state index in [4.69, 9.17) is 15.2 Å². The van der Waals surface area contributed by atoms with Crippen molar-refractivity contribution in [3.05, 3.63) is 45.2 Å². The number of nitrogens with zero attached hydrogens (tertiary/aromatic N) is 2. The largest absolute Gasteiger partial charge is 0.504 e. The van der Waals surface area contributed by atoms with Crippen LogP contribution in [0, 0.1) is 6.92 Å². The number of carbonyl (C=O) groups is 3. The number of Topliss-reactive ketones (excluding diaryl/α,β-unsaturated/α-hetero) is 2. The van der Waals surface area contributed by atoms with Crippen molar-refractivity contribution in [2.75, 3.05) is 27.8 Å². The molecule has 1 aliphatic carbocycles. The second kappa shape index (κ2) is 9.76. The van der Waals surface area contributed by atoms with E-state index >= 15 is 0 Å². The Morgan fingerprint density at radius 2 is 1.87 bits per heavy atom. The molecule has 1 fully saturated rings. The maximum absolute atomic E-state index is 13.8. The third-order valence-electron chi connectivity index (χ3n) is 9.16. The minimum Gasteiger partial charge on any atom is -0.504 e. The lowest BCUT2D eigenvalue weighted by Crippen LogP contribution is -2.71. The molecule has 3 aliphatic heterocycles. The lowest BCUT2D eigenvalue weighted by atomic mass is 9.69. The lowest BCUT2D eigenvalue weighted by molar-refractivity contribution is -0.125. The molecule has 10 heteroatoms. The summed E-state index contributed by atoms with van der Waals surface area (Å²) in [7, 11) is 4.99. The van der Waals surface area contributed by atoms with Gasteiger partial charge >= 0.3 is 0 Å². The highest BCUT2D eigenvalue weighted by atomic mass is 16.5. The van der Waals surface area contributed by atoms with Crippen molar-refractivity contribution in [1.29, 1.82) is 0 Å². The first-order valence-electron chi connectivity index (χ1n) is 13.4. The number of ketones is 2. The number of allylic oxidation sites excluding steroid dienone is 2. The Balaban J connectivity index is 1.69. The van der Waals surface area contributed by atoms with Crippen LogP contribution in [0.5, 0.6) is 11.5 Å². The molecule has 4 N–H and O–H groups in total. The van der Waals surface area contributed by atoms with Crippen molar-refractivity contribution < 1.29 is 29.0 Å². The lowest BCUT2D eigenvalue weighted by Gasteiger charge is -2.61. The van der Waals surface area contributed by atoms with Gasteiger partial charge in [-0.3, -0.25) is 24.2 Å². The molecule has 1 amide bonds. The smallest absolute Gasteiger partial charge is 0.236 e. The molecule has 0 aromatic heterocycles. The van der Waals surface area contributed by atoms with Gasteiger partial charge in [0.05, 0.1) is 32.3 Å². The van der Waals surface area contributed by atoms with Gasteiger partial charge in [-0.05, 0) is 58.7 Å². The van der Waals surface area contributed by atoms with E-state index < -0.39 is 12.1 Å². The van der Waals surface area contributed by atoms with Gasteiger partial charge in [0.1, 0.15) is 0 Å². The standard InChI is InChI=1S/C29H38N4O6/c1-12-8-16-9-18-15(4)33-19(23(32(18)5)21(16)25(35)27(12)38-6)10-17-22(20(33)11-31-29(37)14(3)30)26(36)28(39-7)13(2)24(17)34/h8,14-15,18-20,23,35H,9-11,30H2,1-7H3,(H,31,37)/t14?,15-,18?,19?,20?,23?/m0/s1. The van der Waals surface area contributed by atoms with Crippen LogP contribution >= 0.6 is 0 Å². The molecule has 0 spiro atoms. The predicted molar refractivity (Wildman–Crippen MR) is 144 cm³/mol. The number of fused-ring (bicyclic) bond motifs is 6. The zero-order valence-corrected chi connectivity index (χ0v) is 23.6. The van der Waals surface area contributed by atoms with Crippen LogP contribution in [0.1, 0.15) is 49.9 Å². The third kappa shape index (κ3) is 3.91. The van der Waals surface area contributed by atoms with Crippen molar-refractivity contribution in [2.24, 2.45) is 5.73 Å². The fourth-order valence-corrected chi connectivity index (χ4v) is 7.38. The predicted octanol–water partition coefficient (Wildman–Crippen LogP) is 1.28. The number of likely N-dealkylation sites (N-methyl/N-ethyl adjacent to an activating group) is 1. The highest BCUT2D eigenvalue weighted by Crippen LogP contribution is 2.53. The molecule has 6 atom stereocenters. The maximum atomic E-state index is 13.8. The van der Waals surface area contributed by atoms with E-state index in [0.29, 0.717) is 29.7 Å². The van der Waals surface area contributed by atoms with Crippen LogP contribution in [0.4, 0.5) is 0 Å². The molecular formula is C29H38N4O6. The van der Waals surface area contributed by atoms with Gasteiger partial charge in [-0.2, -0.15) is 0 Å². The number of rotatable bonds is 5. The summed E-state index contributed by atoms with van der Waals surface area (Å²) in [5.41, 5.74) is 9.66. The van der Waals surface area contributed by atoms with Crippen LogP contribution < -0.4 is 15.8 Å². The van der Waals surface area contributed by atoms with Crippen LogP contribution in [0.15, 0.2) is 28.5 Å². The fourth-order valence-electron chi connectivity index (χ4n) is 7.38. The second-order valence-electron chi connectivity index (χ2n) is 11.2. The number of hydrogen-bond acceptors (Lipinski definition) is 9. The number of aromatic hydroxyl groups is 1. The quantitative estimate of drug-likeness (QED) is 0.474. The van der Waals surface area contributed by atoms with E-state index in [2.05, 4.69) is 35.2 Å². The van der Waals surface area contributed by atoms with Gasteiger partial charge in [-0.15, -0.1) is 0 Å². The van der Waals surface area contributed by atoms with E-state index in [1.807, 2.05) is 6.92 Å². The summed E-state index contributed by atoms with van der Waals surface area (Å²) in [5.74, 6) is -0.273. The highest BCUT2D eigenvalue weighted by Gasteiger charge is 2.56. The minimum absolute atomic E-state index is 0.0268. The number of hydrogen-bond donors (Lipinski definition) is 3. The van der Waals surface area contributed by atoms with Crippen LogP contribution in [0.3, 0.4) is 0 Å². The Bertz CT molecular complexity index is 1330. The molecule has 0 saturated carbocycles. The van der Waals surface area contributed by atoms with Crippen molar-refractivity contribution in [3.8, 4) is 11.5 Å². The second-order valence-corrected chi connectivity index (χ2v) is 11.2. The molecule has 0 radical (unpaired) electrons. The molecule has 3 heterocycles. The topological polar surface area (TPSA) is 134 Å². The molecule has 10 nitrogen and oxygen atoms in total. The molecular weight excluding hydrogens is 500 g/mol. The Morgan fingerprint density at radius 3 is 2.49 bits per heavy atom. The summed E-state index contributed by atoms with van der Waals surface area (Å²) in [4.78, 5) is 44.6. The Labute approximate surface area is 228 Å². The van der Waals surface area contributed by atoms with E-state index in [1.165, 1.54) is 7.11 Å². The Hall–Kier alpha value is -3.21. The third-order valence-corrected chi connectivity index (χ3v) is 9.16. The number of carbonyl (C=O) groups excluding carboxylic acids is 3. The van der Waals surface area contributed by atoms with Crippen LogP contribution in [0.2, 0.25) is 0 Å². The van der Waals surface area contributed by atoms with E-state index in [9.17, 15) is 19.5 Å². The van der Waals surface area contributed by atoms with Gasteiger partial charge in [0.15, 0.2) is 23.0 Å². The number of nitrogens with one attached hydrogen (secondary N) is 1. The normalized spacial score (nSPS) is 29.5. The summed E-state index contributed by atoms with van der Waals surface area (Å²) < 4.78 is 11.0. The average molecular weight is 539 g/mol. The number of piperazine rings is 1. The number of aryl methyl sites for hydroxylation is 1. The van der Waals surface area contributed by atoms with Crippen molar-refractivity contribution in [3.63, 3.8) is 0 Å². The first kappa shape index (κ1) is 27.4. The fraction of sp³-hybridized carbons (Fsp3) is 0.552. The summed E-state index contributed by atoms with van der Waals surface area (Å²) in [6, 6.07) is 0.339. The van der Waals surface area contributed by atoms with E-state index in [1.54, 1.807) is 21.0 Å². The van der Waals surface area contributed by atoms with Gasteiger partial charge < -0.3 is 25.6 Å². The molecule has 1 aromatic rings. The number of amides is 1. The van der Waals surface area contributed by atoms with Gasteiger partial charge in [0, 0.05) is 47.0 Å². The highest BCUT2D eigenvalue weighted by molar-refractivity contribution is 6.25. The average Bonchev–Trinajstić information content (AvgIpc) is 2.88. The van der Waals surface area contributed by atoms with E-state index in [-0.39, 0.29) is 65.3 Å². The number of benzene rings is 1. The van der Waals surface area contributed by atoms with Crippen LogP contribution in [-0.4, -0.2) is 90.4 Å². The molecule has 2 bridgehead atoms. The van der Waals surface area contributed by atoms with E-state index in [0.717, 1.165) is 16.7 Å². The summed E-state index contributed by atoms with van der Waals surface area (Å²) in [5, 5.41) is 14.3. The minimum atomic E-state index is -0.720. The zero-order chi connectivity index (χ0) is 28.5. The summed E-state index contributed by atoms with van der Waals surface area (Å²) >= 11 is 0. The molecule has 210 valence electrons. The maximum Gasteiger partial charge on any atom is 0.236 e. The molecule has 1 aromatic carbocycles. The van der Waals surface area contributed by atoms with Crippen LogP contribution in [-0.2, 0) is 25.5 Å². The summed E-state index contributed by atoms with van der Waals surface area (Å²) in [6.45, 7) is 7.39. The van der Waals surface area contributed by atoms with Crippen LogP contribution in [0.25, 0.3) is 0 Å². The number of methoxy groups -OCH3 is 2. The van der Waals surface area contributed by atoms with Crippen molar-refractivity contribution in [1.82, 2.24) is 15.1 Å². The summed E-state index contributed by atoms with van der Waals surface area (Å²) in [6.07, 6.45) is 1.03. The number of ether oxygens (including phenoxy) is 2. The molecule has 5 rings (SSSR count). The van der Waals surface area contributed by atoms with Gasteiger partial charge in [-0.25, -0.2) is 0 Å². The van der Waals surface area contributed by atoms with Gasteiger partial charge in [0.25, 0.3) is 0 Å². The first-order chi connectivity index (χ1) is 18.4. The van der Waals surface area contributed by atoms with Gasteiger partial charge in [-0.1, -0.05) is 6.07 Å². The molecule has 4 aliphatic rings. The molecule has 39 heavy (non-hydrogen) atoms.